The SMILES string of the molecule is CCCCCC(=O)NN=C1CCN(CC)CC1. The van der Waals surface area contributed by atoms with Gasteiger partial charge in [0.2, 0.25) is 5.91 Å². The molecule has 1 saturated heterocycles. The van der Waals surface area contributed by atoms with Gasteiger partial charge in [0.1, 0.15) is 0 Å². The molecule has 1 aliphatic rings. The molecular weight excluding hydrogens is 214 g/mol. The van der Waals surface area contributed by atoms with Gasteiger partial charge in [0.25, 0.3) is 0 Å². The second-order valence-corrected chi connectivity index (χ2v) is 4.60. The molecule has 0 spiro atoms. The van der Waals surface area contributed by atoms with Crippen molar-refractivity contribution >= 4 is 11.6 Å². The Bertz CT molecular complexity index is 253. The molecule has 1 amide bonds. The second-order valence-electron chi connectivity index (χ2n) is 4.60. The van der Waals surface area contributed by atoms with Crippen LogP contribution in [-0.4, -0.2) is 36.2 Å². The molecule has 4 nitrogen and oxygen atoms in total. The molecule has 0 saturated carbocycles. The lowest BCUT2D eigenvalue weighted by Gasteiger charge is -2.25. The molecule has 0 radical (unpaired) electrons. The first kappa shape index (κ1) is 14.2. The Morgan fingerprint density at radius 2 is 2.00 bits per heavy atom. The van der Waals surface area contributed by atoms with E-state index in [9.17, 15) is 4.79 Å². The summed E-state index contributed by atoms with van der Waals surface area (Å²) in [6.07, 6.45) is 5.82. The Labute approximate surface area is 104 Å². The van der Waals surface area contributed by atoms with Crippen molar-refractivity contribution in [2.75, 3.05) is 19.6 Å². The number of hydrogen-bond donors (Lipinski definition) is 1. The molecule has 1 heterocycles. The maximum absolute atomic E-state index is 11.5. The van der Waals surface area contributed by atoms with E-state index in [2.05, 4.69) is 29.3 Å². The van der Waals surface area contributed by atoms with E-state index in [-0.39, 0.29) is 5.91 Å². The third-order valence-corrected chi connectivity index (χ3v) is 3.23. The summed E-state index contributed by atoms with van der Waals surface area (Å²) in [5.74, 6) is 0.0591. The Morgan fingerprint density at radius 3 is 2.59 bits per heavy atom. The van der Waals surface area contributed by atoms with E-state index < -0.39 is 0 Å². The lowest BCUT2D eigenvalue weighted by molar-refractivity contribution is -0.121. The van der Waals surface area contributed by atoms with Gasteiger partial charge >= 0.3 is 0 Å². The molecule has 0 bridgehead atoms. The Balaban J connectivity index is 2.18. The number of nitrogens with one attached hydrogen (secondary N) is 1. The van der Waals surface area contributed by atoms with Crippen molar-refractivity contribution < 1.29 is 4.79 Å². The predicted octanol–water partition coefficient (Wildman–Crippen LogP) is 2.15. The summed E-state index contributed by atoms with van der Waals surface area (Å²) in [7, 11) is 0. The molecule has 98 valence electrons. The van der Waals surface area contributed by atoms with Crippen LogP contribution in [0.4, 0.5) is 0 Å². The van der Waals surface area contributed by atoms with Crippen LogP contribution in [0.3, 0.4) is 0 Å². The van der Waals surface area contributed by atoms with E-state index in [1.54, 1.807) is 0 Å². The molecule has 0 aromatic rings. The minimum absolute atomic E-state index is 0.0591. The molecule has 1 aliphatic heterocycles. The Kier molecular flexibility index (Phi) is 6.86. The summed E-state index contributed by atoms with van der Waals surface area (Å²) in [5, 5.41) is 4.22. The van der Waals surface area contributed by atoms with Crippen LogP contribution < -0.4 is 5.43 Å². The van der Waals surface area contributed by atoms with Gasteiger partial charge in [0.15, 0.2) is 0 Å². The predicted molar refractivity (Wildman–Crippen MR) is 71.1 cm³/mol. The van der Waals surface area contributed by atoms with Gasteiger partial charge < -0.3 is 4.90 Å². The zero-order valence-corrected chi connectivity index (χ0v) is 11.2. The lowest BCUT2D eigenvalue weighted by Crippen LogP contribution is -2.34. The number of carbonyl (C=O) groups excluding carboxylic acids is 1. The molecule has 4 heteroatoms. The van der Waals surface area contributed by atoms with Crippen LogP contribution in [0.25, 0.3) is 0 Å². The van der Waals surface area contributed by atoms with Gasteiger partial charge in [0.05, 0.1) is 0 Å². The first-order chi connectivity index (χ1) is 8.26. The number of hydrogen-bond acceptors (Lipinski definition) is 3. The summed E-state index contributed by atoms with van der Waals surface area (Å²) in [4.78, 5) is 13.9. The van der Waals surface area contributed by atoms with Gasteiger partial charge in [-0.15, -0.1) is 0 Å². The summed E-state index contributed by atoms with van der Waals surface area (Å²) in [6, 6.07) is 0. The molecule has 0 aromatic carbocycles. The smallest absolute Gasteiger partial charge is 0.240 e. The van der Waals surface area contributed by atoms with E-state index in [1.807, 2.05) is 0 Å². The maximum Gasteiger partial charge on any atom is 0.240 e. The largest absolute Gasteiger partial charge is 0.303 e. The van der Waals surface area contributed by atoms with Crippen molar-refractivity contribution in [3.8, 4) is 0 Å². The molecule has 17 heavy (non-hydrogen) atoms. The minimum atomic E-state index is 0.0591. The van der Waals surface area contributed by atoms with Crippen molar-refractivity contribution in [2.45, 2.75) is 52.4 Å². The molecule has 0 unspecified atom stereocenters. The molecule has 1 N–H and O–H groups in total. The molecule has 1 fully saturated rings. The summed E-state index contributed by atoms with van der Waals surface area (Å²) in [5.41, 5.74) is 3.81. The number of nitrogens with zero attached hydrogens (tertiary/aromatic N) is 2. The van der Waals surface area contributed by atoms with Crippen molar-refractivity contribution in [1.29, 1.82) is 0 Å². The zero-order chi connectivity index (χ0) is 12.5. The number of piperidine rings is 1. The Hall–Kier alpha value is -0.900. The lowest BCUT2D eigenvalue weighted by atomic mass is 10.1. The maximum atomic E-state index is 11.5. The quantitative estimate of drug-likeness (QED) is 0.570. The van der Waals surface area contributed by atoms with Gasteiger partial charge in [-0.2, -0.15) is 5.10 Å². The topological polar surface area (TPSA) is 44.7 Å². The third-order valence-electron chi connectivity index (χ3n) is 3.23. The van der Waals surface area contributed by atoms with E-state index in [1.165, 1.54) is 0 Å². The highest BCUT2D eigenvalue weighted by Gasteiger charge is 2.13. The fourth-order valence-corrected chi connectivity index (χ4v) is 1.97. The molecule has 0 aromatic heterocycles. The number of unbranched alkanes of at least 4 members (excludes halogenated alkanes) is 2. The molecular formula is C13H25N3O. The van der Waals surface area contributed by atoms with Crippen LogP contribution in [0.15, 0.2) is 5.10 Å². The number of hydrazone groups is 1. The average Bonchev–Trinajstić information content (AvgIpc) is 2.37. The van der Waals surface area contributed by atoms with Crippen LogP contribution in [0.2, 0.25) is 0 Å². The van der Waals surface area contributed by atoms with Crippen LogP contribution >= 0.6 is 0 Å². The Morgan fingerprint density at radius 1 is 1.29 bits per heavy atom. The number of rotatable bonds is 6. The van der Waals surface area contributed by atoms with Crippen LogP contribution in [0.1, 0.15) is 52.4 Å². The van der Waals surface area contributed by atoms with E-state index in [4.69, 9.17) is 0 Å². The van der Waals surface area contributed by atoms with E-state index >= 15 is 0 Å². The van der Waals surface area contributed by atoms with Gasteiger partial charge in [-0.1, -0.05) is 26.7 Å². The average molecular weight is 239 g/mol. The van der Waals surface area contributed by atoms with Crippen LogP contribution in [0.5, 0.6) is 0 Å². The molecule has 1 rings (SSSR count). The van der Waals surface area contributed by atoms with E-state index in [0.717, 1.165) is 57.5 Å². The van der Waals surface area contributed by atoms with Gasteiger partial charge in [-0.3, -0.25) is 4.79 Å². The zero-order valence-electron chi connectivity index (χ0n) is 11.2. The van der Waals surface area contributed by atoms with Crippen LogP contribution in [0, 0.1) is 0 Å². The van der Waals surface area contributed by atoms with Gasteiger partial charge in [-0.05, 0) is 13.0 Å². The number of carbonyl (C=O) groups is 1. The molecule has 0 atom stereocenters. The van der Waals surface area contributed by atoms with Crippen molar-refractivity contribution in [2.24, 2.45) is 5.10 Å². The fourth-order valence-electron chi connectivity index (χ4n) is 1.97. The minimum Gasteiger partial charge on any atom is -0.303 e. The van der Waals surface area contributed by atoms with Gasteiger partial charge in [0, 0.05) is 38.1 Å². The second kappa shape index (κ2) is 8.23. The normalized spacial score (nSPS) is 16.9. The highest BCUT2D eigenvalue weighted by atomic mass is 16.2. The standard InChI is InChI=1S/C13H25N3O/c1-3-5-6-7-13(17)15-14-12-8-10-16(4-2)11-9-12/h3-11H2,1-2H3,(H,15,17). The van der Waals surface area contributed by atoms with Crippen molar-refractivity contribution in [1.82, 2.24) is 10.3 Å². The van der Waals surface area contributed by atoms with Gasteiger partial charge in [-0.25, -0.2) is 5.43 Å². The first-order valence-corrected chi connectivity index (χ1v) is 6.82. The number of amides is 1. The summed E-state index contributed by atoms with van der Waals surface area (Å²) >= 11 is 0. The highest BCUT2D eigenvalue weighted by molar-refractivity contribution is 5.87. The monoisotopic (exact) mass is 239 g/mol. The molecule has 0 aliphatic carbocycles. The third kappa shape index (κ3) is 5.82. The van der Waals surface area contributed by atoms with Crippen molar-refractivity contribution in [3.63, 3.8) is 0 Å². The van der Waals surface area contributed by atoms with E-state index in [0.29, 0.717) is 6.42 Å². The number of likely N-dealkylation sites (tertiary alicyclic amines) is 1. The first-order valence-electron chi connectivity index (χ1n) is 6.82. The van der Waals surface area contributed by atoms with Crippen molar-refractivity contribution in [3.05, 3.63) is 0 Å². The van der Waals surface area contributed by atoms with Crippen LogP contribution in [-0.2, 0) is 4.79 Å². The highest BCUT2D eigenvalue weighted by Crippen LogP contribution is 2.06. The summed E-state index contributed by atoms with van der Waals surface area (Å²) in [6.45, 7) is 7.57. The summed E-state index contributed by atoms with van der Waals surface area (Å²) < 4.78 is 0. The fraction of sp³-hybridized carbons (Fsp3) is 0.846.